The van der Waals surface area contributed by atoms with Crippen LogP contribution in [0.1, 0.15) is 33.6 Å². The van der Waals surface area contributed by atoms with E-state index in [2.05, 4.69) is 11.3 Å². The van der Waals surface area contributed by atoms with Crippen LogP contribution in [0.3, 0.4) is 0 Å². The van der Waals surface area contributed by atoms with Crippen LogP contribution in [0.15, 0.2) is 59.8 Å². The van der Waals surface area contributed by atoms with Crippen molar-refractivity contribution in [3.05, 3.63) is 75.0 Å². The largest absolute Gasteiger partial charge is 0.463 e. The van der Waals surface area contributed by atoms with Crippen LogP contribution >= 0.6 is 23.2 Å². The summed E-state index contributed by atoms with van der Waals surface area (Å²) in [5.74, 6) is -1.44. The van der Waals surface area contributed by atoms with Crippen molar-refractivity contribution in [1.29, 1.82) is 0 Å². The van der Waals surface area contributed by atoms with Crippen LogP contribution in [-0.2, 0) is 19.1 Å². The highest BCUT2D eigenvalue weighted by Crippen LogP contribution is 2.21. The zero-order valence-corrected chi connectivity index (χ0v) is 19.5. The third kappa shape index (κ3) is 9.53. The number of hydrogen-bond acceptors (Lipinski definition) is 7. The molecule has 0 heterocycles. The summed E-state index contributed by atoms with van der Waals surface area (Å²) in [5.41, 5.74) is -0.728. The van der Waals surface area contributed by atoms with Crippen LogP contribution in [0, 0.1) is 10.1 Å². The number of benzene rings is 1. The number of ether oxygens (including phenoxy) is 3. The van der Waals surface area contributed by atoms with Gasteiger partial charge in [0, 0.05) is 11.1 Å². The van der Waals surface area contributed by atoms with Crippen molar-refractivity contribution in [2.24, 2.45) is 0 Å². The number of hydrogen-bond donors (Lipinski definition) is 0. The number of esters is 2. The van der Waals surface area contributed by atoms with E-state index in [-0.39, 0.29) is 6.61 Å². The van der Waals surface area contributed by atoms with Gasteiger partial charge >= 0.3 is 17.6 Å². The second-order valence-corrected chi connectivity index (χ2v) is 7.57. The van der Waals surface area contributed by atoms with Gasteiger partial charge in [-0.1, -0.05) is 41.4 Å². The fraction of sp³-hybridized carbons (Fsp3) is 0.364. The standard InChI is InChI=1S/C22H25Cl2NO7/c1-5-30-21(26)18(25(28)29)12-6-15(4)7-13-19(14(2)3)32-22(27)20(24)31-17-10-8-16(23)9-11-17/h6,8-12,19-20H,2,5,7,13H2,1,3-4H3. The van der Waals surface area contributed by atoms with Crippen molar-refractivity contribution < 1.29 is 28.7 Å². The molecule has 0 aromatic heterocycles. The SMILES string of the molecule is C=C(C)C(CCC(C)=CC=C(C(=O)OCC)[N+](=O)[O-])OC(=O)C(Cl)Oc1ccc(Cl)cc1. The quantitative estimate of drug-likeness (QED) is 0.0759. The van der Waals surface area contributed by atoms with Gasteiger partial charge in [-0.05, 0) is 63.5 Å². The molecule has 0 spiro atoms. The van der Waals surface area contributed by atoms with Gasteiger partial charge in [0.05, 0.1) is 11.5 Å². The molecule has 174 valence electrons. The Morgan fingerprint density at radius 1 is 1.22 bits per heavy atom. The summed E-state index contributed by atoms with van der Waals surface area (Å²) in [6, 6.07) is 6.33. The van der Waals surface area contributed by atoms with Crippen LogP contribution in [0.25, 0.3) is 0 Å². The summed E-state index contributed by atoms with van der Waals surface area (Å²) in [5, 5.41) is 11.5. The van der Waals surface area contributed by atoms with Crippen molar-refractivity contribution in [2.45, 2.75) is 45.3 Å². The van der Waals surface area contributed by atoms with Crippen LogP contribution < -0.4 is 4.74 Å². The first kappa shape index (κ1) is 27.2. The first-order chi connectivity index (χ1) is 15.0. The monoisotopic (exact) mass is 485 g/mol. The van der Waals surface area contributed by atoms with Crippen LogP contribution in [0.5, 0.6) is 5.75 Å². The molecule has 0 saturated carbocycles. The number of halogens is 2. The zero-order valence-electron chi connectivity index (χ0n) is 18.0. The summed E-state index contributed by atoms with van der Waals surface area (Å²) >= 11 is 11.8. The van der Waals surface area contributed by atoms with E-state index in [4.69, 9.17) is 32.7 Å². The molecule has 1 rings (SSSR count). The van der Waals surface area contributed by atoms with Gasteiger partial charge in [0.15, 0.2) is 0 Å². The summed E-state index contributed by atoms with van der Waals surface area (Å²) in [7, 11) is 0. The fourth-order valence-corrected chi connectivity index (χ4v) is 2.63. The van der Waals surface area contributed by atoms with E-state index < -0.39 is 34.2 Å². The predicted octanol–water partition coefficient (Wildman–Crippen LogP) is 5.22. The van der Waals surface area contributed by atoms with Crippen LogP contribution in [0.2, 0.25) is 5.02 Å². The van der Waals surface area contributed by atoms with Gasteiger partial charge in [-0.3, -0.25) is 10.1 Å². The molecule has 0 N–H and O–H groups in total. The van der Waals surface area contributed by atoms with Crippen molar-refractivity contribution in [1.82, 2.24) is 0 Å². The van der Waals surface area contributed by atoms with Crippen LogP contribution in [0.4, 0.5) is 0 Å². The van der Waals surface area contributed by atoms with Gasteiger partial charge in [0.2, 0.25) is 0 Å². The molecular weight excluding hydrogens is 461 g/mol. The van der Waals surface area contributed by atoms with E-state index in [0.29, 0.717) is 29.2 Å². The lowest BCUT2D eigenvalue weighted by Crippen LogP contribution is -2.29. The number of allylic oxidation sites excluding steroid dienone is 3. The topological polar surface area (TPSA) is 105 Å². The summed E-state index contributed by atoms with van der Waals surface area (Å²) in [6.45, 7) is 8.84. The molecule has 10 heteroatoms. The highest BCUT2D eigenvalue weighted by molar-refractivity contribution is 6.30. The number of nitrogens with zero attached hydrogens (tertiary/aromatic N) is 1. The van der Waals surface area contributed by atoms with Gasteiger partial charge < -0.3 is 14.2 Å². The van der Waals surface area contributed by atoms with Gasteiger partial charge in [-0.2, -0.15) is 0 Å². The van der Waals surface area contributed by atoms with Gasteiger partial charge in [0.25, 0.3) is 5.56 Å². The Bertz CT molecular complexity index is 894. The number of alkyl halides is 1. The Morgan fingerprint density at radius 3 is 2.38 bits per heavy atom. The maximum absolute atomic E-state index is 12.3. The average molecular weight is 486 g/mol. The molecule has 0 fully saturated rings. The van der Waals surface area contributed by atoms with Crippen molar-refractivity contribution in [3.63, 3.8) is 0 Å². The Morgan fingerprint density at radius 2 is 1.84 bits per heavy atom. The smallest absolute Gasteiger partial charge is 0.409 e. The molecule has 0 aliphatic carbocycles. The van der Waals surface area contributed by atoms with E-state index in [0.717, 1.165) is 11.6 Å². The lowest BCUT2D eigenvalue weighted by molar-refractivity contribution is -0.421. The Kier molecular flexibility index (Phi) is 11.5. The molecule has 32 heavy (non-hydrogen) atoms. The molecule has 0 amide bonds. The molecule has 2 atom stereocenters. The van der Waals surface area contributed by atoms with E-state index in [9.17, 15) is 19.7 Å². The van der Waals surface area contributed by atoms with E-state index in [1.165, 1.54) is 6.08 Å². The van der Waals surface area contributed by atoms with Gasteiger partial charge in [-0.25, -0.2) is 9.59 Å². The maximum atomic E-state index is 12.3. The highest BCUT2D eigenvalue weighted by atomic mass is 35.5. The van der Waals surface area contributed by atoms with Gasteiger partial charge in [-0.15, -0.1) is 0 Å². The third-order valence-electron chi connectivity index (χ3n) is 4.05. The number of nitro groups is 1. The second-order valence-electron chi connectivity index (χ2n) is 6.74. The molecule has 0 aliphatic heterocycles. The minimum Gasteiger partial charge on any atom is -0.463 e. The molecule has 1 aromatic carbocycles. The van der Waals surface area contributed by atoms with E-state index >= 15 is 0 Å². The normalized spacial score (nSPS) is 13.7. The molecular formula is C22H25Cl2NO7. The lowest BCUT2D eigenvalue weighted by Gasteiger charge is -2.20. The van der Waals surface area contributed by atoms with Crippen LogP contribution in [-0.4, -0.2) is 35.1 Å². The molecule has 0 radical (unpaired) electrons. The molecule has 8 nitrogen and oxygen atoms in total. The molecule has 1 aromatic rings. The van der Waals surface area contributed by atoms with E-state index in [1.54, 1.807) is 45.0 Å². The fourth-order valence-electron chi connectivity index (χ4n) is 2.35. The van der Waals surface area contributed by atoms with Crippen molar-refractivity contribution >= 4 is 35.1 Å². The summed E-state index contributed by atoms with van der Waals surface area (Å²) in [4.78, 5) is 34.1. The number of carbonyl (C=O) groups excluding carboxylic acids is 2. The zero-order chi connectivity index (χ0) is 24.3. The minimum absolute atomic E-state index is 0.0294. The predicted molar refractivity (Wildman–Crippen MR) is 121 cm³/mol. The van der Waals surface area contributed by atoms with E-state index in [1.807, 2.05) is 0 Å². The third-order valence-corrected chi connectivity index (χ3v) is 4.57. The average Bonchev–Trinajstić information content (AvgIpc) is 2.72. The first-order valence-electron chi connectivity index (χ1n) is 9.66. The minimum atomic E-state index is -1.37. The summed E-state index contributed by atoms with van der Waals surface area (Å²) in [6.07, 6.45) is 2.66. The lowest BCUT2D eigenvalue weighted by atomic mass is 10.0. The Hall–Kier alpha value is -2.84. The van der Waals surface area contributed by atoms with Gasteiger partial charge in [0.1, 0.15) is 11.9 Å². The maximum Gasteiger partial charge on any atom is 0.409 e. The Balaban J connectivity index is 2.72. The highest BCUT2D eigenvalue weighted by Gasteiger charge is 2.24. The molecule has 2 unspecified atom stereocenters. The number of rotatable bonds is 12. The van der Waals surface area contributed by atoms with Crippen molar-refractivity contribution in [3.8, 4) is 5.75 Å². The number of carbonyl (C=O) groups is 2. The molecule has 0 saturated heterocycles. The summed E-state index contributed by atoms with van der Waals surface area (Å²) < 4.78 is 15.4. The Labute approximate surface area is 196 Å². The molecule has 0 aliphatic rings. The van der Waals surface area contributed by atoms with Crippen molar-refractivity contribution in [2.75, 3.05) is 6.61 Å². The second kappa shape index (κ2) is 13.5. The molecule has 0 bridgehead atoms. The first-order valence-corrected chi connectivity index (χ1v) is 10.5.